The Morgan fingerprint density at radius 2 is 1.74 bits per heavy atom. The van der Waals surface area contributed by atoms with Gasteiger partial charge in [0.1, 0.15) is 29.9 Å². The van der Waals surface area contributed by atoms with Crippen LogP contribution in [-0.4, -0.2) is 66.3 Å². The fourth-order valence-corrected chi connectivity index (χ4v) is 5.13. The van der Waals surface area contributed by atoms with Crippen molar-refractivity contribution in [2.75, 3.05) is 27.4 Å². The molecule has 0 radical (unpaired) electrons. The number of hydrogen-bond acceptors (Lipinski definition) is 7. The van der Waals surface area contributed by atoms with Crippen molar-refractivity contribution in [1.82, 2.24) is 25.6 Å². The molecular formula is C28H34FN5O5. The van der Waals surface area contributed by atoms with E-state index in [9.17, 15) is 14.0 Å². The lowest BCUT2D eigenvalue weighted by atomic mass is 9.91. The van der Waals surface area contributed by atoms with Gasteiger partial charge in [-0.05, 0) is 57.4 Å². The van der Waals surface area contributed by atoms with Gasteiger partial charge < -0.3 is 29.8 Å². The summed E-state index contributed by atoms with van der Waals surface area (Å²) in [6.45, 7) is 2.36. The van der Waals surface area contributed by atoms with Crippen LogP contribution in [0.2, 0.25) is 0 Å². The summed E-state index contributed by atoms with van der Waals surface area (Å²) in [5.74, 6) is 0.0479. The minimum atomic E-state index is -0.520. The number of H-pyrrole nitrogens is 1. The van der Waals surface area contributed by atoms with Crippen LogP contribution < -0.4 is 20.1 Å². The number of fused-ring (bicyclic) bond motifs is 1. The van der Waals surface area contributed by atoms with Crippen LogP contribution in [0.25, 0.3) is 22.3 Å². The van der Waals surface area contributed by atoms with Gasteiger partial charge in [-0.25, -0.2) is 14.4 Å². The van der Waals surface area contributed by atoms with Crippen molar-refractivity contribution in [2.45, 2.75) is 57.5 Å². The molecule has 10 nitrogen and oxygen atoms in total. The molecule has 2 aliphatic rings. The Morgan fingerprint density at radius 3 is 2.41 bits per heavy atom. The van der Waals surface area contributed by atoms with Crippen LogP contribution in [0.1, 0.15) is 54.6 Å². The fourth-order valence-electron chi connectivity index (χ4n) is 5.13. The van der Waals surface area contributed by atoms with E-state index in [-0.39, 0.29) is 36.3 Å². The molecule has 0 atom stereocenters. The molecule has 0 spiro atoms. The number of ether oxygens (including phenoxy) is 3. The third kappa shape index (κ3) is 5.98. The molecule has 39 heavy (non-hydrogen) atoms. The number of benzene rings is 1. The maximum Gasteiger partial charge on any atom is 0.255 e. The molecule has 208 valence electrons. The van der Waals surface area contributed by atoms with Crippen molar-refractivity contribution in [1.29, 1.82) is 0 Å². The molecule has 0 unspecified atom stereocenters. The van der Waals surface area contributed by atoms with E-state index in [4.69, 9.17) is 14.2 Å². The van der Waals surface area contributed by atoms with Crippen molar-refractivity contribution in [3.05, 3.63) is 35.5 Å². The highest BCUT2D eigenvalue weighted by atomic mass is 19.1. The molecule has 0 bridgehead atoms. The molecule has 5 rings (SSSR count). The van der Waals surface area contributed by atoms with Gasteiger partial charge in [0, 0.05) is 36.5 Å². The molecule has 0 aliphatic heterocycles. The Hall–Kier alpha value is -3.73. The van der Waals surface area contributed by atoms with Gasteiger partial charge in [-0.1, -0.05) is 0 Å². The predicted molar refractivity (Wildman–Crippen MR) is 142 cm³/mol. The summed E-state index contributed by atoms with van der Waals surface area (Å²) in [4.78, 5) is 37.4. The standard InChI is InChI=1S/C28H34FN5O5/c1-15-24(28(36)34-18-8-6-17(7-9-18)33-23(35)13-37-2)26-27(32-15)25(30-14-31-26)19-10-22(38-3)20(29)11-21(19)39-12-16-4-5-16/h10-11,14,16-18,32H,4-9,12-13H2,1-3H3,(H,33,35)(H,34,36)/t17-,18-. The molecule has 2 saturated carbocycles. The van der Waals surface area contributed by atoms with Gasteiger partial charge in [-0.3, -0.25) is 9.59 Å². The van der Waals surface area contributed by atoms with Gasteiger partial charge >= 0.3 is 0 Å². The van der Waals surface area contributed by atoms with Gasteiger partial charge in [0.15, 0.2) is 11.6 Å². The zero-order valence-corrected chi connectivity index (χ0v) is 22.4. The van der Waals surface area contributed by atoms with Crippen molar-refractivity contribution >= 4 is 22.8 Å². The number of hydrogen-bond donors (Lipinski definition) is 3. The minimum Gasteiger partial charge on any atom is -0.494 e. The van der Waals surface area contributed by atoms with Gasteiger partial charge in [-0.15, -0.1) is 0 Å². The smallest absolute Gasteiger partial charge is 0.255 e. The van der Waals surface area contributed by atoms with Crippen LogP contribution in [0.4, 0.5) is 4.39 Å². The van der Waals surface area contributed by atoms with E-state index in [1.165, 1.54) is 26.6 Å². The number of rotatable bonds is 10. The quantitative estimate of drug-likeness (QED) is 0.359. The molecular weight excluding hydrogens is 505 g/mol. The Labute approximate surface area is 226 Å². The van der Waals surface area contributed by atoms with E-state index in [1.54, 1.807) is 6.07 Å². The van der Waals surface area contributed by atoms with E-state index in [0.29, 0.717) is 51.8 Å². The largest absolute Gasteiger partial charge is 0.494 e. The van der Waals surface area contributed by atoms with E-state index in [0.717, 1.165) is 38.5 Å². The van der Waals surface area contributed by atoms with Gasteiger partial charge in [0.2, 0.25) is 5.91 Å². The molecule has 0 saturated heterocycles. The number of halogens is 1. The lowest BCUT2D eigenvalue weighted by Gasteiger charge is -2.29. The summed E-state index contributed by atoms with van der Waals surface area (Å²) >= 11 is 0. The number of carbonyl (C=O) groups excluding carboxylic acids is 2. The van der Waals surface area contributed by atoms with Gasteiger partial charge in [0.05, 0.1) is 24.8 Å². The van der Waals surface area contributed by atoms with Crippen LogP contribution >= 0.6 is 0 Å². The molecule has 2 fully saturated rings. The Balaban J connectivity index is 1.37. The zero-order chi connectivity index (χ0) is 27.5. The van der Waals surface area contributed by atoms with Crippen LogP contribution in [0.5, 0.6) is 11.5 Å². The highest BCUT2D eigenvalue weighted by Crippen LogP contribution is 2.39. The lowest BCUT2D eigenvalue weighted by Crippen LogP contribution is -2.44. The molecule has 2 aliphatic carbocycles. The Kier molecular flexibility index (Phi) is 7.97. The normalized spacial score (nSPS) is 19.1. The number of aryl methyl sites for hydroxylation is 1. The maximum atomic E-state index is 14.6. The summed E-state index contributed by atoms with van der Waals surface area (Å²) in [6.07, 6.45) is 6.65. The topological polar surface area (TPSA) is 127 Å². The van der Waals surface area contributed by atoms with E-state index < -0.39 is 5.82 Å². The minimum absolute atomic E-state index is 0.0116. The molecule has 2 aromatic heterocycles. The van der Waals surface area contributed by atoms with Crippen LogP contribution in [0.15, 0.2) is 18.5 Å². The van der Waals surface area contributed by atoms with Gasteiger partial charge in [0.25, 0.3) is 5.91 Å². The number of nitrogens with zero attached hydrogens (tertiary/aromatic N) is 2. The number of methoxy groups -OCH3 is 2. The molecule has 11 heteroatoms. The Bertz CT molecular complexity index is 1360. The average molecular weight is 540 g/mol. The predicted octanol–water partition coefficient (Wildman–Crippen LogP) is 3.67. The third-order valence-electron chi connectivity index (χ3n) is 7.38. The molecule has 2 heterocycles. The summed E-state index contributed by atoms with van der Waals surface area (Å²) < 4.78 is 30.7. The number of carbonyl (C=O) groups is 2. The van der Waals surface area contributed by atoms with Crippen molar-refractivity contribution in [2.24, 2.45) is 5.92 Å². The van der Waals surface area contributed by atoms with Crippen molar-refractivity contribution in [3.63, 3.8) is 0 Å². The highest BCUT2D eigenvalue weighted by molar-refractivity contribution is 6.09. The van der Waals surface area contributed by atoms with Crippen LogP contribution in [-0.2, 0) is 9.53 Å². The summed E-state index contributed by atoms with van der Waals surface area (Å²) in [5.41, 5.74) is 3.20. The number of aromatic nitrogens is 3. The molecule has 3 aromatic rings. The Morgan fingerprint density at radius 1 is 1.03 bits per heavy atom. The van der Waals surface area contributed by atoms with Gasteiger partial charge in [-0.2, -0.15) is 0 Å². The molecule has 1 aromatic carbocycles. The number of amides is 2. The monoisotopic (exact) mass is 539 g/mol. The third-order valence-corrected chi connectivity index (χ3v) is 7.38. The van der Waals surface area contributed by atoms with E-state index in [2.05, 4.69) is 25.6 Å². The molecule has 2 amide bonds. The average Bonchev–Trinajstić information content (AvgIpc) is 3.68. The second-order valence-corrected chi connectivity index (χ2v) is 10.3. The van der Waals surface area contributed by atoms with Crippen molar-refractivity contribution < 1.29 is 28.2 Å². The lowest BCUT2D eigenvalue weighted by molar-refractivity contribution is -0.125. The van der Waals surface area contributed by atoms with Crippen LogP contribution in [0.3, 0.4) is 0 Å². The second kappa shape index (κ2) is 11.6. The SMILES string of the molecule is COCC(=O)N[C@H]1CC[C@H](NC(=O)c2c(C)[nH]c3c(-c4cc(OC)c(F)cc4OCC4CC4)ncnc23)CC1. The van der Waals surface area contributed by atoms with Crippen LogP contribution in [0, 0.1) is 18.7 Å². The first kappa shape index (κ1) is 26.9. The zero-order valence-electron chi connectivity index (χ0n) is 22.4. The summed E-state index contributed by atoms with van der Waals surface area (Å²) in [5, 5.41) is 6.11. The highest BCUT2D eigenvalue weighted by Gasteiger charge is 2.28. The number of aromatic amines is 1. The first-order chi connectivity index (χ1) is 18.9. The first-order valence-electron chi connectivity index (χ1n) is 13.3. The molecule has 3 N–H and O–H groups in total. The summed E-state index contributed by atoms with van der Waals surface area (Å²) in [7, 11) is 2.90. The second-order valence-electron chi connectivity index (χ2n) is 10.3. The fraction of sp³-hybridized carbons (Fsp3) is 0.500. The summed E-state index contributed by atoms with van der Waals surface area (Å²) in [6, 6.07) is 2.96. The maximum absolute atomic E-state index is 14.6. The van der Waals surface area contributed by atoms with Crippen molar-refractivity contribution in [3.8, 4) is 22.8 Å². The number of nitrogens with one attached hydrogen (secondary N) is 3. The van der Waals surface area contributed by atoms with E-state index >= 15 is 0 Å². The first-order valence-corrected chi connectivity index (χ1v) is 13.3. The van der Waals surface area contributed by atoms with E-state index in [1.807, 2.05) is 6.92 Å².